The molecule has 1 aromatic rings. The normalized spacial score (nSPS) is 28.0. The molecule has 1 N–H and O–H groups in total. The molecule has 3 aliphatic rings. The predicted octanol–water partition coefficient (Wildman–Crippen LogP) is 4.22. The van der Waals surface area contributed by atoms with Crippen LogP contribution in [0.5, 0.6) is 0 Å². The van der Waals surface area contributed by atoms with Crippen LogP contribution in [0.1, 0.15) is 38.5 Å². The highest BCUT2D eigenvalue weighted by atomic mass is 19.1. The number of rotatable bonds is 4. The minimum atomic E-state index is -0.311. The van der Waals surface area contributed by atoms with Gasteiger partial charge in [-0.05, 0) is 81.1 Å². The van der Waals surface area contributed by atoms with E-state index in [-0.39, 0.29) is 23.1 Å². The Balaban J connectivity index is 1.26. The zero-order chi connectivity index (χ0) is 17.3. The molecule has 1 saturated heterocycles. The number of carbonyl (C=O) groups excluding carboxylic acids is 1. The Bertz CT molecular complexity index is 664. The molecule has 25 heavy (non-hydrogen) atoms. The number of amides is 1. The van der Waals surface area contributed by atoms with E-state index < -0.39 is 0 Å². The summed E-state index contributed by atoms with van der Waals surface area (Å²) in [5, 5.41) is 2.89. The van der Waals surface area contributed by atoms with Crippen LogP contribution in [-0.4, -0.2) is 30.4 Å². The van der Waals surface area contributed by atoms with Crippen LogP contribution < -0.4 is 5.32 Å². The molecule has 1 aliphatic heterocycles. The van der Waals surface area contributed by atoms with Gasteiger partial charge in [0.15, 0.2) is 0 Å². The molecule has 0 bridgehead atoms. The standard InChI is InChI=1S/C21H27FN2O/c22-17-7-4-8-18(13-17)23-20(25)19-14-21(19)9-11-24(12-10-21)15-16-5-2-1-3-6-16/h1-2,4,7-8,13,16,19H,3,5-6,9-12,14-15H2,(H,23,25)/t16-,19+/m0/s1. The lowest BCUT2D eigenvalue weighted by atomic mass is 9.88. The van der Waals surface area contributed by atoms with Crippen LogP contribution in [0, 0.1) is 23.1 Å². The number of hydrogen-bond donors (Lipinski definition) is 1. The van der Waals surface area contributed by atoms with E-state index in [0.29, 0.717) is 5.69 Å². The second kappa shape index (κ2) is 6.91. The SMILES string of the molecule is O=C(Nc1cccc(F)c1)[C@H]1CC12CCN(C[C@H]1CC=CCC1)CC2. The molecule has 0 radical (unpaired) electrons. The van der Waals surface area contributed by atoms with Gasteiger partial charge in [-0.1, -0.05) is 18.2 Å². The van der Waals surface area contributed by atoms with Gasteiger partial charge in [-0.2, -0.15) is 0 Å². The molecule has 2 atom stereocenters. The summed E-state index contributed by atoms with van der Waals surface area (Å²) in [7, 11) is 0. The van der Waals surface area contributed by atoms with Crippen molar-refractivity contribution in [2.24, 2.45) is 17.3 Å². The number of allylic oxidation sites excluding steroid dienone is 2. The van der Waals surface area contributed by atoms with Crippen molar-refractivity contribution in [2.45, 2.75) is 38.5 Å². The molecular formula is C21H27FN2O. The number of nitrogens with one attached hydrogen (secondary N) is 1. The number of hydrogen-bond acceptors (Lipinski definition) is 2. The van der Waals surface area contributed by atoms with Gasteiger partial charge < -0.3 is 10.2 Å². The smallest absolute Gasteiger partial charge is 0.228 e. The van der Waals surface area contributed by atoms with Crippen LogP contribution in [0.3, 0.4) is 0 Å². The van der Waals surface area contributed by atoms with Gasteiger partial charge in [-0.3, -0.25) is 4.79 Å². The Kier molecular flexibility index (Phi) is 4.63. The maximum atomic E-state index is 13.3. The second-order valence-electron chi connectivity index (χ2n) is 8.07. The molecule has 2 fully saturated rings. The van der Waals surface area contributed by atoms with E-state index in [1.807, 2.05) is 0 Å². The highest BCUT2D eigenvalue weighted by Gasteiger charge is 2.58. The lowest BCUT2D eigenvalue weighted by Gasteiger charge is -2.35. The summed E-state index contributed by atoms with van der Waals surface area (Å²) in [5.41, 5.74) is 0.773. The molecule has 3 nitrogen and oxygen atoms in total. The Hall–Kier alpha value is -1.68. The van der Waals surface area contributed by atoms with Crippen molar-refractivity contribution in [1.82, 2.24) is 4.90 Å². The number of anilines is 1. The summed E-state index contributed by atoms with van der Waals surface area (Å²) in [6.45, 7) is 3.44. The zero-order valence-electron chi connectivity index (χ0n) is 14.7. The minimum Gasteiger partial charge on any atom is -0.326 e. The molecule has 1 spiro atoms. The van der Waals surface area contributed by atoms with Gasteiger partial charge in [0.25, 0.3) is 0 Å². The first-order valence-electron chi connectivity index (χ1n) is 9.58. The molecule has 1 heterocycles. The first kappa shape index (κ1) is 16.8. The molecule has 4 rings (SSSR count). The van der Waals surface area contributed by atoms with Crippen LogP contribution in [-0.2, 0) is 4.79 Å². The van der Waals surface area contributed by atoms with E-state index in [0.717, 1.165) is 38.3 Å². The van der Waals surface area contributed by atoms with E-state index in [9.17, 15) is 9.18 Å². The van der Waals surface area contributed by atoms with Crippen molar-refractivity contribution in [2.75, 3.05) is 25.0 Å². The largest absolute Gasteiger partial charge is 0.326 e. The minimum absolute atomic E-state index is 0.0662. The zero-order valence-corrected chi connectivity index (χ0v) is 14.7. The maximum absolute atomic E-state index is 13.3. The molecule has 4 heteroatoms. The van der Waals surface area contributed by atoms with Gasteiger partial charge in [0.05, 0.1) is 0 Å². The lowest BCUT2D eigenvalue weighted by molar-refractivity contribution is -0.118. The molecule has 1 saturated carbocycles. The Morgan fingerprint density at radius 2 is 2.12 bits per heavy atom. The average Bonchev–Trinajstić information content (AvgIpc) is 3.32. The third-order valence-corrected chi connectivity index (χ3v) is 6.34. The van der Waals surface area contributed by atoms with E-state index in [1.54, 1.807) is 12.1 Å². The van der Waals surface area contributed by atoms with Crippen molar-refractivity contribution in [3.05, 3.63) is 42.2 Å². The van der Waals surface area contributed by atoms with Crippen molar-refractivity contribution < 1.29 is 9.18 Å². The Morgan fingerprint density at radius 3 is 2.84 bits per heavy atom. The number of halogens is 1. The topological polar surface area (TPSA) is 32.3 Å². The van der Waals surface area contributed by atoms with Gasteiger partial charge in [0.2, 0.25) is 5.91 Å². The van der Waals surface area contributed by atoms with E-state index in [2.05, 4.69) is 22.4 Å². The average molecular weight is 342 g/mol. The van der Waals surface area contributed by atoms with E-state index in [4.69, 9.17) is 0 Å². The van der Waals surface area contributed by atoms with Crippen LogP contribution in [0.4, 0.5) is 10.1 Å². The van der Waals surface area contributed by atoms with Gasteiger partial charge >= 0.3 is 0 Å². The van der Waals surface area contributed by atoms with Crippen LogP contribution >= 0.6 is 0 Å². The summed E-state index contributed by atoms with van der Waals surface area (Å²) in [4.78, 5) is 15.1. The molecule has 0 aromatic heterocycles. The van der Waals surface area contributed by atoms with Crippen LogP contribution in [0.25, 0.3) is 0 Å². The Labute approximate surface area is 149 Å². The summed E-state index contributed by atoms with van der Waals surface area (Å²) < 4.78 is 13.3. The number of benzene rings is 1. The van der Waals surface area contributed by atoms with Crippen molar-refractivity contribution in [1.29, 1.82) is 0 Å². The Morgan fingerprint density at radius 1 is 1.28 bits per heavy atom. The molecule has 1 aromatic carbocycles. The number of nitrogens with zero attached hydrogens (tertiary/aromatic N) is 1. The highest BCUT2D eigenvalue weighted by molar-refractivity contribution is 5.95. The summed E-state index contributed by atoms with van der Waals surface area (Å²) in [5.74, 6) is 0.673. The summed E-state index contributed by atoms with van der Waals surface area (Å²) in [6.07, 6.45) is 11.6. The fourth-order valence-corrected chi connectivity index (χ4v) is 4.63. The van der Waals surface area contributed by atoms with Crippen LogP contribution in [0.15, 0.2) is 36.4 Å². The van der Waals surface area contributed by atoms with Crippen molar-refractivity contribution in [3.8, 4) is 0 Å². The fourth-order valence-electron chi connectivity index (χ4n) is 4.63. The lowest BCUT2D eigenvalue weighted by Crippen LogP contribution is -2.39. The third kappa shape index (κ3) is 3.79. The van der Waals surface area contributed by atoms with Crippen LogP contribution in [0.2, 0.25) is 0 Å². The summed E-state index contributed by atoms with van der Waals surface area (Å²) >= 11 is 0. The highest BCUT2D eigenvalue weighted by Crippen LogP contribution is 2.59. The molecule has 1 amide bonds. The first-order valence-corrected chi connectivity index (χ1v) is 9.58. The van der Waals surface area contributed by atoms with Gasteiger partial charge in [0, 0.05) is 18.2 Å². The molecular weight excluding hydrogens is 315 g/mol. The number of carbonyl (C=O) groups is 1. The van der Waals surface area contributed by atoms with Gasteiger partial charge in [-0.25, -0.2) is 4.39 Å². The molecule has 0 unspecified atom stereocenters. The van der Waals surface area contributed by atoms with Crippen molar-refractivity contribution >= 4 is 11.6 Å². The first-order chi connectivity index (χ1) is 12.1. The molecule has 2 aliphatic carbocycles. The second-order valence-corrected chi connectivity index (χ2v) is 8.07. The van der Waals surface area contributed by atoms with Gasteiger partial charge in [0.1, 0.15) is 5.82 Å². The maximum Gasteiger partial charge on any atom is 0.228 e. The van der Waals surface area contributed by atoms with E-state index >= 15 is 0 Å². The van der Waals surface area contributed by atoms with E-state index in [1.165, 1.54) is 37.9 Å². The number of likely N-dealkylation sites (tertiary alicyclic amines) is 1. The predicted molar refractivity (Wildman–Crippen MR) is 97.7 cm³/mol. The molecule has 134 valence electrons. The quantitative estimate of drug-likeness (QED) is 0.831. The number of piperidine rings is 1. The monoisotopic (exact) mass is 342 g/mol. The third-order valence-electron chi connectivity index (χ3n) is 6.34. The summed E-state index contributed by atoms with van der Waals surface area (Å²) in [6, 6.07) is 6.16. The fraction of sp³-hybridized carbons (Fsp3) is 0.571. The van der Waals surface area contributed by atoms with Crippen molar-refractivity contribution in [3.63, 3.8) is 0 Å². The van der Waals surface area contributed by atoms with Gasteiger partial charge in [-0.15, -0.1) is 0 Å².